The van der Waals surface area contributed by atoms with Crippen molar-refractivity contribution in [2.24, 2.45) is 0 Å². The van der Waals surface area contributed by atoms with Crippen LogP contribution in [-0.2, 0) is 6.54 Å². The van der Waals surface area contributed by atoms with Crippen molar-refractivity contribution >= 4 is 23.4 Å². The van der Waals surface area contributed by atoms with Gasteiger partial charge in [0, 0.05) is 12.4 Å². The smallest absolute Gasteiger partial charge is 0.0639 e. The van der Waals surface area contributed by atoms with Crippen molar-refractivity contribution in [1.82, 2.24) is 4.42 Å². The molecule has 1 aromatic rings. The Kier molecular flexibility index (Phi) is 5.49. The highest BCUT2D eigenvalue weighted by Crippen LogP contribution is 2.14. The lowest BCUT2D eigenvalue weighted by Gasteiger charge is -2.21. The van der Waals surface area contributed by atoms with Crippen molar-refractivity contribution in [2.75, 3.05) is 5.88 Å². The van der Waals surface area contributed by atoms with Gasteiger partial charge in [-0.1, -0.05) is 30.3 Å². The van der Waals surface area contributed by atoms with E-state index in [9.17, 15) is 0 Å². The SMILES string of the molecule is N#CCC(CCl)N(Cl)Cc1ccccc1. The maximum atomic E-state index is 8.59. The highest BCUT2D eigenvalue weighted by atomic mass is 35.5. The molecule has 0 saturated heterocycles. The predicted octanol–water partition coefficient (Wildman–Crippen LogP) is 3.16. The number of benzene rings is 1. The summed E-state index contributed by atoms with van der Waals surface area (Å²) in [4.78, 5) is 0. The van der Waals surface area contributed by atoms with Crippen molar-refractivity contribution in [3.8, 4) is 6.07 Å². The quantitative estimate of drug-likeness (QED) is 0.586. The van der Waals surface area contributed by atoms with Gasteiger partial charge in [0.25, 0.3) is 0 Å². The number of nitriles is 1. The van der Waals surface area contributed by atoms with Crippen molar-refractivity contribution in [1.29, 1.82) is 5.26 Å². The molecule has 0 aliphatic carbocycles. The van der Waals surface area contributed by atoms with E-state index in [1.807, 2.05) is 30.3 Å². The molecule has 0 aliphatic heterocycles. The topological polar surface area (TPSA) is 27.0 Å². The van der Waals surface area contributed by atoms with E-state index in [2.05, 4.69) is 6.07 Å². The Labute approximate surface area is 100 Å². The molecule has 0 N–H and O–H groups in total. The average Bonchev–Trinajstić information content (AvgIpc) is 2.27. The zero-order valence-corrected chi connectivity index (χ0v) is 9.75. The normalized spacial score (nSPS) is 12.4. The number of alkyl halides is 1. The lowest BCUT2D eigenvalue weighted by atomic mass is 10.2. The van der Waals surface area contributed by atoms with Crippen LogP contribution in [0.25, 0.3) is 0 Å². The molecule has 2 nitrogen and oxygen atoms in total. The summed E-state index contributed by atoms with van der Waals surface area (Å²) < 4.78 is 1.59. The number of hydrogen-bond donors (Lipinski definition) is 0. The third-order valence-corrected chi connectivity index (χ3v) is 2.83. The Bertz CT molecular complexity index is 321. The molecular formula is C11H12Cl2N2. The number of rotatable bonds is 5. The van der Waals surface area contributed by atoms with Gasteiger partial charge >= 0.3 is 0 Å². The Morgan fingerprint density at radius 2 is 2.00 bits per heavy atom. The van der Waals surface area contributed by atoms with Crippen molar-refractivity contribution in [3.63, 3.8) is 0 Å². The van der Waals surface area contributed by atoms with Gasteiger partial charge in [-0.3, -0.25) is 0 Å². The molecule has 15 heavy (non-hydrogen) atoms. The minimum absolute atomic E-state index is 0.0986. The average molecular weight is 243 g/mol. The van der Waals surface area contributed by atoms with Gasteiger partial charge < -0.3 is 0 Å². The fourth-order valence-corrected chi connectivity index (χ4v) is 1.84. The predicted molar refractivity (Wildman–Crippen MR) is 62.6 cm³/mol. The van der Waals surface area contributed by atoms with Gasteiger partial charge in [-0.25, -0.2) is 4.42 Å². The molecule has 0 aliphatic rings. The largest absolute Gasteiger partial charge is 0.210 e. The van der Waals surface area contributed by atoms with E-state index in [1.165, 1.54) is 0 Å². The molecule has 0 aromatic heterocycles. The van der Waals surface area contributed by atoms with Gasteiger partial charge in [0.2, 0.25) is 0 Å². The van der Waals surface area contributed by atoms with Crippen LogP contribution < -0.4 is 0 Å². The lowest BCUT2D eigenvalue weighted by molar-refractivity contribution is 0.360. The summed E-state index contributed by atoms with van der Waals surface area (Å²) in [5, 5.41) is 8.59. The fraction of sp³-hybridized carbons (Fsp3) is 0.364. The van der Waals surface area contributed by atoms with E-state index in [1.54, 1.807) is 4.42 Å². The zero-order chi connectivity index (χ0) is 11.1. The molecular weight excluding hydrogens is 231 g/mol. The van der Waals surface area contributed by atoms with Crippen molar-refractivity contribution < 1.29 is 0 Å². The minimum atomic E-state index is -0.0986. The molecule has 0 amide bonds. The van der Waals surface area contributed by atoms with Crippen LogP contribution in [0.3, 0.4) is 0 Å². The van der Waals surface area contributed by atoms with Gasteiger partial charge in [0.15, 0.2) is 0 Å². The minimum Gasteiger partial charge on any atom is -0.210 e. The Balaban J connectivity index is 2.54. The van der Waals surface area contributed by atoms with Crippen LogP contribution in [0.5, 0.6) is 0 Å². The zero-order valence-electron chi connectivity index (χ0n) is 8.24. The first-order valence-corrected chi connectivity index (χ1v) is 5.54. The third kappa shape index (κ3) is 4.09. The van der Waals surface area contributed by atoms with E-state index in [0.717, 1.165) is 5.56 Å². The van der Waals surface area contributed by atoms with E-state index in [4.69, 9.17) is 28.6 Å². The number of nitrogens with zero attached hydrogens (tertiary/aromatic N) is 2. The first-order valence-electron chi connectivity index (χ1n) is 4.67. The molecule has 1 aromatic carbocycles. The van der Waals surface area contributed by atoms with Crippen LogP contribution in [0.2, 0.25) is 0 Å². The summed E-state index contributed by atoms with van der Waals surface area (Å²) in [5.41, 5.74) is 1.11. The molecule has 0 spiro atoms. The van der Waals surface area contributed by atoms with Crippen molar-refractivity contribution in [2.45, 2.75) is 19.0 Å². The highest BCUT2D eigenvalue weighted by molar-refractivity contribution is 6.19. The second-order valence-electron chi connectivity index (χ2n) is 3.21. The molecule has 0 saturated carbocycles. The molecule has 0 bridgehead atoms. The number of hydrogen-bond acceptors (Lipinski definition) is 2. The van der Waals surface area contributed by atoms with Crippen LogP contribution >= 0.6 is 23.4 Å². The van der Waals surface area contributed by atoms with Crippen LogP contribution in [0, 0.1) is 11.3 Å². The summed E-state index contributed by atoms with van der Waals surface area (Å²) in [6.45, 7) is 0.599. The fourth-order valence-electron chi connectivity index (χ4n) is 1.22. The first kappa shape index (κ1) is 12.3. The van der Waals surface area contributed by atoms with Gasteiger partial charge in [-0.15, -0.1) is 11.6 Å². The van der Waals surface area contributed by atoms with Crippen LogP contribution in [0.4, 0.5) is 0 Å². The van der Waals surface area contributed by atoms with E-state index < -0.39 is 0 Å². The summed E-state index contributed by atoms with van der Waals surface area (Å²) >= 11 is 11.8. The Morgan fingerprint density at radius 1 is 1.33 bits per heavy atom. The highest BCUT2D eigenvalue weighted by Gasteiger charge is 2.15. The van der Waals surface area contributed by atoms with E-state index in [-0.39, 0.29) is 6.04 Å². The Hall–Kier alpha value is -0.750. The standard InChI is InChI=1S/C11H12Cl2N2/c12-8-11(6-7-14)15(13)9-10-4-2-1-3-5-10/h1-5,11H,6,8-9H2. The molecule has 0 fully saturated rings. The Morgan fingerprint density at radius 3 is 2.53 bits per heavy atom. The molecule has 1 unspecified atom stereocenters. The van der Waals surface area contributed by atoms with Gasteiger partial charge in [-0.2, -0.15) is 5.26 Å². The van der Waals surface area contributed by atoms with Crippen molar-refractivity contribution in [3.05, 3.63) is 35.9 Å². The summed E-state index contributed by atoms with van der Waals surface area (Å²) in [7, 11) is 0. The van der Waals surface area contributed by atoms with E-state index >= 15 is 0 Å². The maximum absolute atomic E-state index is 8.59. The molecule has 1 atom stereocenters. The van der Waals surface area contributed by atoms with Gasteiger partial charge in [-0.05, 0) is 17.3 Å². The third-order valence-electron chi connectivity index (χ3n) is 2.08. The maximum Gasteiger partial charge on any atom is 0.0639 e. The van der Waals surface area contributed by atoms with Crippen LogP contribution in [-0.4, -0.2) is 16.3 Å². The lowest BCUT2D eigenvalue weighted by Crippen LogP contribution is -2.28. The van der Waals surface area contributed by atoms with E-state index in [0.29, 0.717) is 18.8 Å². The molecule has 0 radical (unpaired) electrons. The van der Waals surface area contributed by atoms with Crippen LogP contribution in [0.1, 0.15) is 12.0 Å². The monoisotopic (exact) mass is 242 g/mol. The van der Waals surface area contributed by atoms with Gasteiger partial charge in [0.1, 0.15) is 0 Å². The summed E-state index contributed by atoms with van der Waals surface area (Å²) in [6, 6.07) is 11.8. The second kappa shape index (κ2) is 6.68. The molecule has 1 rings (SSSR count). The van der Waals surface area contributed by atoms with Gasteiger partial charge in [0.05, 0.1) is 18.5 Å². The number of halogens is 2. The summed E-state index contributed by atoms with van der Waals surface area (Å²) in [6.07, 6.45) is 0.347. The summed E-state index contributed by atoms with van der Waals surface area (Å²) in [5.74, 6) is 0.365. The second-order valence-corrected chi connectivity index (χ2v) is 3.96. The van der Waals surface area contributed by atoms with Crippen LogP contribution in [0.15, 0.2) is 30.3 Å². The molecule has 0 heterocycles. The molecule has 4 heteroatoms. The molecule has 80 valence electrons. The first-order chi connectivity index (χ1) is 7.27.